The molecular formula is C33H33ClN4O5. The van der Waals surface area contributed by atoms with Crippen molar-refractivity contribution in [3.8, 4) is 5.88 Å². The summed E-state index contributed by atoms with van der Waals surface area (Å²) < 4.78 is 19.6. The van der Waals surface area contributed by atoms with Gasteiger partial charge in [-0.3, -0.25) is 4.90 Å². The van der Waals surface area contributed by atoms with Gasteiger partial charge in [0.1, 0.15) is 11.4 Å². The zero-order chi connectivity index (χ0) is 29.3. The van der Waals surface area contributed by atoms with Gasteiger partial charge in [0.05, 0.1) is 53.7 Å². The molecule has 1 N–H and O–H groups in total. The van der Waals surface area contributed by atoms with Crippen LogP contribution in [0.2, 0.25) is 5.02 Å². The number of hydrogen-bond donors (Lipinski definition) is 1. The molecule has 0 bridgehead atoms. The molecule has 3 aromatic heterocycles. The predicted molar refractivity (Wildman–Crippen MR) is 163 cm³/mol. The highest BCUT2D eigenvalue weighted by molar-refractivity contribution is 6.35. The quantitative estimate of drug-likeness (QED) is 0.199. The van der Waals surface area contributed by atoms with Crippen molar-refractivity contribution < 1.29 is 23.8 Å². The molecule has 5 aromatic rings. The summed E-state index contributed by atoms with van der Waals surface area (Å²) in [5.74, 6) is 1.02. The Kier molecular flexibility index (Phi) is 7.78. The van der Waals surface area contributed by atoms with Crippen molar-refractivity contribution >= 4 is 39.6 Å². The number of hydrogen-bond acceptors (Lipinski definition) is 7. The Hall–Kier alpha value is -3.92. The maximum absolute atomic E-state index is 11.6. The average Bonchev–Trinajstić information content (AvgIpc) is 3.62. The van der Waals surface area contributed by atoms with E-state index in [1.165, 1.54) is 0 Å². The molecule has 222 valence electrons. The third kappa shape index (κ3) is 5.85. The third-order valence-corrected chi connectivity index (χ3v) is 8.97. The molecule has 2 saturated heterocycles. The van der Waals surface area contributed by atoms with Crippen LogP contribution in [0.1, 0.15) is 52.6 Å². The van der Waals surface area contributed by atoms with Gasteiger partial charge in [-0.15, -0.1) is 0 Å². The number of piperidine rings is 1. The average molecular weight is 601 g/mol. The zero-order valence-corrected chi connectivity index (χ0v) is 24.5. The molecule has 7 rings (SSSR count). The van der Waals surface area contributed by atoms with Crippen LogP contribution >= 0.6 is 11.6 Å². The van der Waals surface area contributed by atoms with Crippen molar-refractivity contribution in [2.75, 3.05) is 26.3 Å². The second-order valence-electron chi connectivity index (χ2n) is 11.3. The highest BCUT2D eigenvalue weighted by Crippen LogP contribution is 2.31. The van der Waals surface area contributed by atoms with E-state index in [9.17, 15) is 9.90 Å². The summed E-state index contributed by atoms with van der Waals surface area (Å²) in [5, 5.41) is 11.1. The molecule has 9 nitrogen and oxygen atoms in total. The molecule has 2 aliphatic heterocycles. The van der Waals surface area contributed by atoms with Crippen LogP contribution in [0.25, 0.3) is 22.0 Å². The number of imidazole rings is 1. The standard InChI is InChI=1S/C33H33ClN4O5/c34-26-6-4-22(32-25(26)12-17-43-32)10-15-42-31-3-1-2-27(36-31)21-8-13-37(14-9-21)20-30-35-28-7-5-23(33(39)40)18-29(28)38(30)19-24-11-16-41-24/h1-7,12,17-18,21,24H,8-11,13-16,19-20H2,(H,39,40)/t24-/m0/s1. The molecule has 0 aliphatic carbocycles. The van der Waals surface area contributed by atoms with Crippen LogP contribution in [0.15, 0.2) is 65.3 Å². The lowest BCUT2D eigenvalue weighted by Crippen LogP contribution is -2.35. The van der Waals surface area contributed by atoms with Gasteiger partial charge < -0.3 is 23.6 Å². The number of benzene rings is 2. The van der Waals surface area contributed by atoms with Crippen LogP contribution in [0.5, 0.6) is 5.88 Å². The van der Waals surface area contributed by atoms with Gasteiger partial charge in [-0.05, 0) is 74.3 Å². The van der Waals surface area contributed by atoms with E-state index in [0.717, 1.165) is 78.0 Å². The highest BCUT2D eigenvalue weighted by atomic mass is 35.5. The topological polar surface area (TPSA) is 103 Å². The maximum Gasteiger partial charge on any atom is 0.335 e. The fourth-order valence-corrected chi connectivity index (χ4v) is 6.35. The Morgan fingerprint density at radius 2 is 1.93 bits per heavy atom. The van der Waals surface area contributed by atoms with Gasteiger partial charge in [-0.25, -0.2) is 14.8 Å². The Morgan fingerprint density at radius 1 is 1.07 bits per heavy atom. The van der Waals surface area contributed by atoms with Gasteiger partial charge in [-0.2, -0.15) is 0 Å². The van der Waals surface area contributed by atoms with Crippen molar-refractivity contribution in [3.05, 3.63) is 88.5 Å². The van der Waals surface area contributed by atoms with E-state index in [2.05, 4.69) is 15.5 Å². The predicted octanol–water partition coefficient (Wildman–Crippen LogP) is 6.32. The molecule has 0 radical (unpaired) electrons. The smallest absolute Gasteiger partial charge is 0.335 e. The maximum atomic E-state index is 11.6. The first-order valence-electron chi connectivity index (χ1n) is 14.8. The number of fused-ring (bicyclic) bond motifs is 2. The molecule has 0 spiro atoms. The SMILES string of the molecule is O=C(O)c1ccc2nc(CN3CCC(c4cccc(OCCc5ccc(Cl)c6ccoc56)n4)CC3)n(C[C@@H]3CCO3)c2c1. The molecule has 10 heteroatoms. The number of carbonyl (C=O) groups is 1. The fourth-order valence-electron chi connectivity index (χ4n) is 6.14. The highest BCUT2D eigenvalue weighted by Gasteiger charge is 2.26. The monoisotopic (exact) mass is 600 g/mol. The summed E-state index contributed by atoms with van der Waals surface area (Å²) in [5.41, 5.74) is 4.87. The van der Waals surface area contributed by atoms with Crippen molar-refractivity contribution in [1.82, 2.24) is 19.4 Å². The molecular weight excluding hydrogens is 568 g/mol. The lowest BCUT2D eigenvalue weighted by molar-refractivity contribution is -0.0592. The Bertz CT molecular complexity index is 1770. The van der Waals surface area contributed by atoms with E-state index in [0.29, 0.717) is 42.9 Å². The lowest BCUT2D eigenvalue weighted by atomic mass is 9.93. The minimum atomic E-state index is -0.932. The number of likely N-dealkylation sites (tertiary alicyclic amines) is 1. The number of ether oxygens (including phenoxy) is 2. The number of rotatable bonds is 10. The van der Waals surface area contributed by atoms with Gasteiger partial charge in [-0.1, -0.05) is 23.7 Å². The van der Waals surface area contributed by atoms with Crippen LogP contribution < -0.4 is 4.74 Å². The number of aromatic carboxylic acids is 1. The van der Waals surface area contributed by atoms with E-state index >= 15 is 0 Å². The number of furan rings is 1. The van der Waals surface area contributed by atoms with Gasteiger partial charge in [0.25, 0.3) is 0 Å². The van der Waals surface area contributed by atoms with Crippen LogP contribution in [0, 0.1) is 0 Å². The second kappa shape index (κ2) is 12.0. The normalized spacial score (nSPS) is 17.8. The molecule has 0 amide bonds. The molecule has 1 atom stereocenters. The van der Waals surface area contributed by atoms with Crippen LogP contribution in [-0.2, 0) is 24.2 Å². The molecule has 2 fully saturated rings. The summed E-state index contributed by atoms with van der Waals surface area (Å²) in [6.07, 6.45) is 5.50. The van der Waals surface area contributed by atoms with Crippen molar-refractivity contribution in [3.63, 3.8) is 0 Å². The summed E-state index contributed by atoms with van der Waals surface area (Å²) in [7, 11) is 0. The summed E-state index contributed by atoms with van der Waals surface area (Å²) in [6, 6.07) is 17.0. The van der Waals surface area contributed by atoms with E-state index in [4.69, 9.17) is 35.5 Å². The molecule has 2 aliphatic rings. The fraction of sp³-hybridized carbons (Fsp3) is 0.364. The van der Waals surface area contributed by atoms with E-state index in [1.807, 2.05) is 30.3 Å². The number of pyridine rings is 1. The number of carboxylic acid groups (broad SMARTS) is 1. The molecule has 5 heterocycles. The number of nitrogens with zero attached hydrogens (tertiary/aromatic N) is 4. The summed E-state index contributed by atoms with van der Waals surface area (Å²) >= 11 is 6.27. The van der Waals surface area contributed by atoms with Crippen LogP contribution in [0.4, 0.5) is 0 Å². The summed E-state index contributed by atoms with van der Waals surface area (Å²) in [4.78, 5) is 23.8. The van der Waals surface area contributed by atoms with Gasteiger partial charge in [0, 0.05) is 36.1 Å². The number of carboxylic acids is 1. The van der Waals surface area contributed by atoms with E-state index in [-0.39, 0.29) is 11.7 Å². The van der Waals surface area contributed by atoms with E-state index < -0.39 is 5.97 Å². The minimum absolute atomic E-state index is 0.147. The van der Waals surface area contributed by atoms with E-state index in [1.54, 1.807) is 24.5 Å². The van der Waals surface area contributed by atoms with Gasteiger partial charge in [0.15, 0.2) is 0 Å². The first kappa shape index (κ1) is 27.9. The molecule has 0 saturated carbocycles. The molecule has 43 heavy (non-hydrogen) atoms. The second-order valence-corrected chi connectivity index (χ2v) is 11.8. The van der Waals surface area contributed by atoms with Crippen molar-refractivity contribution in [2.45, 2.75) is 50.8 Å². The first-order valence-corrected chi connectivity index (χ1v) is 15.2. The van der Waals surface area contributed by atoms with Crippen molar-refractivity contribution in [1.29, 1.82) is 0 Å². The van der Waals surface area contributed by atoms with Gasteiger partial charge in [0.2, 0.25) is 5.88 Å². The Balaban J connectivity index is 0.980. The molecule has 2 aromatic carbocycles. The first-order chi connectivity index (χ1) is 21.0. The van der Waals surface area contributed by atoms with Crippen LogP contribution in [-0.4, -0.2) is 62.9 Å². The minimum Gasteiger partial charge on any atom is -0.478 e. The van der Waals surface area contributed by atoms with Crippen molar-refractivity contribution in [2.24, 2.45) is 0 Å². The third-order valence-electron chi connectivity index (χ3n) is 8.64. The number of halogens is 1. The molecule has 0 unspecified atom stereocenters. The Labute approximate surface area is 254 Å². The summed E-state index contributed by atoms with van der Waals surface area (Å²) in [6.45, 7) is 4.52. The zero-order valence-electron chi connectivity index (χ0n) is 23.7. The van der Waals surface area contributed by atoms with Gasteiger partial charge >= 0.3 is 5.97 Å². The Morgan fingerprint density at radius 3 is 2.72 bits per heavy atom. The van der Waals surface area contributed by atoms with Crippen LogP contribution in [0.3, 0.4) is 0 Å². The lowest BCUT2D eigenvalue weighted by Gasteiger charge is -2.32. The largest absolute Gasteiger partial charge is 0.478 e. The number of aromatic nitrogens is 3.